The summed E-state index contributed by atoms with van der Waals surface area (Å²) in [6, 6.07) is 0. The van der Waals surface area contributed by atoms with Crippen molar-refractivity contribution in [2.24, 2.45) is 0 Å². The van der Waals surface area contributed by atoms with Crippen LogP contribution in [0.5, 0.6) is 0 Å². The summed E-state index contributed by atoms with van der Waals surface area (Å²) in [4.78, 5) is 0. The van der Waals surface area contributed by atoms with Gasteiger partial charge < -0.3 is 0 Å². The summed E-state index contributed by atoms with van der Waals surface area (Å²) in [5, 5.41) is 0. The number of hydrogen-bond acceptors (Lipinski definition) is 0. The highest BCUT2D eigenvalue weighted by atomic mass is 14.0. The summed E-state index contributed by atoms with van der Waals surface area (Å²) < 4.78 is 0. The Morgan fingerprint density at radius 3 is 0.0952 bits per heavy atom. The molecule has 0 bridgehead atoms. The fourth-order valence-corrected chi connectivity index (χ4v) is 7.42. The molecule has 0 radical (unpaired) electrons. The Labute approximate surface area is 269 Å². The Bertz CT molecular complexity index is 226. The highest BCUT2D eigenvalue weighted by Crippen LogP contribution is 2.18. The van der Waals surface area contributed by atoms with Crippen molar-refractivity contribution in [2.45, 2.75) is 270 Å². The lowest BCUT2D eigenvalue weighted by Crippen LogP contribution is -1.85. The summed E-state index contributed by atoms with van der Waals surface area (Å²) in [7, 11) is 0. The second-order valence-electron chi connectivity index (χ2n) is 14.8. The van der Waals surface area contributed by atoms with Gasteiger partial charge in [-0.25, -0.2) is 0 Å². The average Bonchev–Trinajstić information content (AvgIpc) is 3.00. The van der Waals surface area contributed by atoms with Gasteiger partial charge in [0.25, 0.3) is 0 Å². The molecule has 0 saturated heterocycles. The molecule has 0 aromatic rings. The zero-order chi connectivity index (χ0) is 29.7. The minimum atomic E-state index is 1.50. The standard InChI is InChI=1S/C42H84/c1-2-4-6-8-10-12-14-16-18-20-22-24-26-28-30-32-34-36-38-40-42-41-39-37-35-33-31-29-27-25-23-21-19-17-15-13-11-9-7-5-3-1/h1-42H2. The Balaban J connectivity index is 2.00. The summed E-state index contributed by atoms with van der Waals surface area (Å²) >= 11 is 0. The molecule has 0 aromatic heterocycles. The van der Waals surface area contributed by atoms with E-state index in [1.165, 1.54) is 270 Å². The normalized spacial score (nSPS) is 24.0. The third-order valence-electron chi connectivity index (χ3n) is 10.5. The summed E-state index contributed by atoms with van der Waals surface area (Å²) in [6.07, 6.45) is 63.0. The van der Waals surface area contributed by atoms with Crippen molar-refractivity contribution in [2.75, 3.05) is 0 Å². The van der Waals surface area contributed by atoms with E-state index in [2.05, 4.69) is 0 Å². The van der Waals surface area contributed by atoms with Gasteiger partial charge in [-0.15, -0.1) is 0 Å². The van der Waals surface area contributed by atoms with Gasteiger partial charge in [-0.2, -0.15) is 0 Å². The third-order valence-corrected chi connectivity index (χ3v) is 10.5. The van der Waals surface area contributed by atoms with Crippen molar-refractivity contribution in [3.63, 3.8) is 0 Å². The summed E-state index contributed by atoms with van der Waals surface area (Å²) in [5.41, 5.74) is 0. The Kier molecular flexibility index (Phi) is 35.4. The lowest BCUT2D eigenvalue weighted by Gasteiger charge is -2.05. The van der Waals surface area contributed by atoms with E-state index in [-0.39, 0.29) is 0 Å². The van der Waals surface area contributed by atoms with E-state index in [1.807, 2.05) is 0 Å². The molecule has 0 N–H and O–H groups in total. The van der Waals surface area contributed by atoms with Crippen molar-refractivity contribution in [1.29, 1.82) is 0 Å². The molecule has 0 aromatic carbocycles. The first-order valence-corrected chi connectivity index (χ1v) is 21.0. The lowest BCUT2D eigenvalue weighted by molar-refractivity contribution is 0.504. The first-order chi connectivity index (χ1) is 21.0. The maximum absolute atomic E-state index is 1.50. The van der Waals surface area contributed by atoms with Crippen LogP contribution in [0.1, 0.15) is 270 Å². The van der Waals surface area contributed by atoms with Crippen LogP contribution in [-0.4, -0.2) is 0 Å². The molecule has 0 heteroatoms. The maximum atomic E-state index is 1.50. The molecule has 0 aliphatic heterocycles. The molecule has 1 aliphatic carbocycles. The highest BCUT2D eigenvalue weighted by molar-refractivity contribution is 4.54. The fourth-order valence-electron chi connectivity index (χ4n) is 7.42. The van der Waals surface area contributed by atoms with Crippen LogP contribution in [0.15, 0.2) is 0 Å². The minimum Gasteiger partial charge on any atom is -0.0533 e. The summed E-state index contributed by atoms with van der Waals surface area (Å²) in [5.74, 6) is 0. The van der Waals surface area contributed by atoms with Gasteiger partial charge in [-0.05, 0) is 0 Å². The quantitative estimate of drug-likeness (QED) is 0.264. The van der Waals surface area contributed by atoms with Gasteiger partial charge in [-0.3, -0.25) is 0 Å². The Morgan fingerprint density at radius 2 is 0.0714 bits per heavy atom. The molecule has 1 rings (SSSR count). The van der Waals surface area contributed by atoms with Crippen LogP contribution in [-0.2, 0) is 0 Å². The van der Waals surface area contributed by atoms with E-state index >= 15 is 0 Å². The van der Waals surface area contributed by atoms with Crippen molar-refractivity contribution >= 4 is 0 Å². The SMILES string of the molecule is C1CCCCCCCCCCCCCCCCCCCCCCCCCCCCCCCCCCCCCCCCC1. The van der Waals surface area contributed by atoms with Crippen LogP contribution >= 0.6 is 0 Å². The predicted molar refractivity (Wildman–Crippen MR) is 194 cm³/mol. The molecular formula is C42H84. The topological polar surface area (TPSA) is 0 Å². The molecule has 0 spiro atoms. The summed E-state index contributed by atoms with van der Waals surface area (Å²) in [6.45, 7) is 0. The fraction of sp³-hybridized carbons (Fsp3) is 1.00. The minimum absolute atomic E-state index is 1.50. The van der Waals surface area contributed by atoms with Crippen LogP contribution in [0.2, 0.25) is 0 Å². The first-order valence-electron chi connectivity index (χ1n) is 21.0. The van der Waals surface area contributed by atoms with Crippen LogP contribution in [0.3, 0.4) is 0 Å². The molecule has 0 unspecified atom stereocenters. The van der Waals surface area contributed by atoms with E-state index in [9.17, 15) is 0 Å². The van der Waals surface area contributed by atoms with E-state index in [1.54, 1.807) is 0 Å². The van der Waals surface area contributed by atoms with Crippen molar-refractivity contribution < 1.29 is 0 Å². The highest BCUT2D eigenvalue weighted by Gasteiger charge is 1.99. The second-order valence-corrected chi connectivity index (χ2v) is 14.8. The number of hydrogen-bond donors (Lipinski definition) is 0. The third kappa shape index (κ3) is 34.5. The van der Waals surface area contributed by atoms with Crippen molar-refractivity contribution in [3.05, 3.63) is 0 Å². The number of rotatable bonds is 0. The second kappa shape index (κ2) is 37.2. The van der Waals surface area contributed by atoms with Gasteiger partial charge >= 0.3 is 0 Å². The molecule has 1 fully saturated rings. The lowest BCUT2D eigenvalue weighted by atomic mass is 10.0. The van der Waals surface area contributed by atoms with Crippen molar-refractivity contribution in [3.8, 4) is 0 Å². The van der Waals surface area contributed by atoms with E-state index in [0.29, 0.717) is 0 Å². The monoisotopic (exact) mass is 589 g/mol. The Hall–Kier alpha value is 0. The van der Waals surface area contributed by atoms with Gasteiger partial charge in [0.2, 0.25) is 0 Å². The van der Waals surface area contributed by atoms with Crippen LogP contribution in [0, 0.1) is 0 Å². The van der Waals surface area contributed by atoms with Gasteiger partial charge in [-0.1, -0.05) is 270 Å². The zero-order valence-corrected chi connectivity index (χ0v) is 29.7. The van der Waals surface area contributed by atoms with Gasteiger partial charge in [0.15, 0.2) is 0 Å². The molecular weight excluding hydrogens is 504 g/mol. The molecule has 0 nitrogen and oxygen atoms in total. The molecule has 0 atom stereocenters. The van der Waals surface area contributed by atoms with Crippen molar-refractivity contribution in [1.82, 2.24) is 0 Å². The molecule has 42 heavy (non-hydrogen) atoms. The maximum Gasteiger partial charge on any atom is -0.0533 e. The largest absolute Gasteiger partial charge is 0.0533 e. The van der Waals surface area contributed by atoms with E-state index in [4.69, 9.17) is 0 Å². The Morgan fingerprint density at radius 1 is 0.0476 bits per heavy atom. The molecule has 0 amide bonds. The smallest absolute Gasteiger partial charge is 0.0533 e. The molecule has 252 valence electrons. The molecule has 0 heterocycles. The van der Waals surface area contributed by atoms with E-state index < -0.39 is 0 Å². The van der Waals surface area contributed by atoms with Crippen LogP contribution < -0.4 is 0 Å². The van der Waals surface area contributed by atoms with Gasteiger partial charge in [0.05, 0.1) is 0 Å². The zero-order valence-electron chi connectivity index (χ0n) is 29.7. The molecule has 1 saturated carbocycles. The van der Waals surface area contributed by atoms with Crippen LogP contribution in [0.25, 0.3) is 0 Å². The van der Waals surface area contributed by atoms with Gasteiger partial charge in [0.1, 0.15) is 0 Å². The predicted octanol–water partition coefficient (Wildman–Crippen LogP) is 16.4. The van der Waals surface area contributed by atoms with Crippen LogP contribution in [0.4, 0.5) is 0 Å². The van der Waals surface area contributed by atoms with E-state index in [0.717, 1.165) is 0 Å². The van der Waals surface area contributed by atoms with Gasteiger partial charge in [0, 0.05) is 0 Å². The first kappa shape index (κ1) is 40.0. The molecule has 1 aliphatic rings. The average molecular weight is 589 g/mol.